The van der Waals surface area contributed by atoms with Gasteiger partial charge in [-0.25, -0.2) is 0 Å². The Morgan fingerprint density at radius 1 is 1.50 bits per heavy atom. The summed E-state index contributed by atoms with van der Waals surface area (Å²) < 4.78 is 6.03. The van der Waals surface area contributed by atoms with Gasteiger partial charge in [0.05, 0.1) is 6.61 Å². The average Bonchev–Trinajstić information content (AvgIpc) is 2.76. The maximum atomic E-state index is 9.99. The minimum Gasteiger partial charge on any atom is -0.479 e. The largest absolute Gasteiger partial charge is 0.479 e. The molecule has 84 valence electrons. The van der Waals surface area contributed by atoms with Crippen molar-refractivity contribution in [2.45, 2.75) is 13.0 Å². The van der Waals surface area contributed by atoms with Crippen LogP contribution in [0.5, 0.6) is 0 Å². The van der Waals surface area contributed by atoms with E-state index in [-0.39, 0.29) is 5.90 Å². The van der Waals surface area contributed by atoms with E-state index in [0.29, 0.717) is 6.61 Å². The van der Waals surface area contributed by atoms with E-state index in [1.165, 1.54) is 0 Å². The third kappa shape index (κ3) is 1.94. The Kier molecular flexibility index (Phi) is 3.22. The van der Waals surface area contributed by atoms with Crippen molar-refractivity contribution in [1.29, 1.82) is 5.41 Å². The number of nitrogens with one attached hydrogen (secondary N) is 1. The zero-order chi connectivity index (χ0) is 11.5. The second kappa shape index (κ2) is 4.63. The standard InChI is InChI=1S/C12H13NO2S/c1-2-15-12(13)10(14)9-5-3-4-8-6-7-16-11(8)9/h3-7,10,13-14H,2H2,1H3. The first-order valence-electron chi connectivity index (χ1n) is 5.09. The van der Waals surface area contributed by atoms with Crippen molar-refractivity contribution in [2.75, 3.05) is 6.61 Å². The van der Waals surface area contributed by atoms with Crippen LogP contribution in [0.1, 0.15) is 18.6 Å². The van der Waals surface area contributed by atoms with Crippen molar-refractivity contribution < 1.29 is 9.84 Å². The second-order valence-corrected chi connectivity index (χ2v) is 4.30. The highest BCUT2D eigenvalue weighted by molar-refractivity contribution is 7.17. The van der Waals surface area contributed by atoms with Crippen LogP contribution in [0.3, 0.4) is 0 Å². The molecule has 0 bridgehead atoms. The quantitative estimate of drug-likeness (QED) is 0.634. The smallest absolute Gasteiger partial charge is 0.215 e. The van der Waals surface area contributed by atoms with Gasteiger partial charge in [-0.3, -0.25) is 5.41 Å². The van der Waals surface area contributed by atoms with Gasteiger partial charge in [-0.15, -0.1) is 11.3 Å². The number of benzene rings is 1. The van der Waals surface area contributed by atoms with Crippen molar-refractivity contribution in [1.82, 2.24) is 0 Å². The molecule has 2 rings (SSSR count). The number of aliphatic hydroxyl groups is 1. The summed E-state index contributed by atoms with van der Waals surface area (Å²) in [6.45, 7) is 2.20. The number of aliphatic hydroxyl groups excluding tert-OH is 1. The van der Waals surface area contributed by atoms with Crippen LogP contribution >= 0.6 is 11.3 Å². The van der Waals surface area contributed by atoms with Gasteiger partial charge >= 0.3 is 0 Å². The van der Waals surface area contributed by atoms with Crippen LogP contribution < -0.4 is 0 Å². The third-order valence-corrected chi connectivity index (χ3v) is 3.33. The molecular formula is C12H13NO2S. The highest BCUT2D eigenvalue weighted by Gasteiger charge is 2.17. The van der Waals surface area contributed by atoms with Gasteiger partial charge in [0, 0.05) is 10.3 Å². The van der Waals surface area contributed by atoms with E-state index in [2.05, 4.69) is 0 Å². The Morgan fingerprint density at radius 3 is 3.06 bits per heavy atom. The molecule has 0 spiro atoms. The van der Waals surface area contributed by atoms with Gasteiger partial charge in [-0.1, -0.05) is 18.2 Å². The predicted octanol–water partition coefficient (Wildman–Crippen LogP) is 2.95. The molecule has 2 N–H and O–H groups in total. The molecule has 0 aliphatic carbocycles. The summed E-state index contributed by atoms with van der Waals surface area (Å²) >= 11 is 1.57. The molecule has 0 saturated heterocycles. The van der Waals surface area contributed by atoms with Crippen molar-refractivity contribution in [3.05, 3.63) is 35.2 Å². The van der Waals surface area contributed by atoms with Crippen LogP contribution in [0.15, 0.2) is 29.6 Å². The fourth-order valence-corrected chi connectivity index (χ4v) is 2.55. The first-order valence-corrected chi connectivity index (χ1v) is 5.97. The summed E-state index contributed by atoms with van der Waals surface area (Å²) in [6, 6.07) is 7.71. The number of fused-ring (bicyclic) bond motifs is 1. The predicted molar refractivity (Wildman–Crippen MR) is 66.1 cm³/mol. The van der Waals surface area contributed by atoms with E-state index in [1.54, 1.807) is 18.3 Å². The SMILES string of the molecule is CCOC(=N)C(O)c1cccc2ccsc12. The lowest BCUT2D eigenvalue weighted by molar-refractivity contribution is 0.192. The number of thiophene rings is 1. The molecule has 1 atom stereocenters. The minimum absolute atomic E-state index is 0.0941. The molecule has 0 fully saturated rings. The van der Waals surface area contributed by atoms with Gasteiger partial charge < -0.3 is 9.84 Å². The van der Waals surface area contributed by atoms with Gasteiger partial charge in [0.2, 0.25) is 5.90 Å². The second-order valence-electron chi connectivity index (χ2n) is 3.39. The van der Waals surface area contributed by atoms with Gasteiger partial charge in [0.15, 0.2) is 6.10 Å². The van der Waals surface area contributed by atoms with E-state index >= 15 is 0 Å². The lowest BCUT2D eigenvalue weighted by Crippen LogP contribution is -2.14. The summed E-state index contributed by atoms with van der Waals surface area (Å²) in [7, 11) is 0. The van der Waals surface area contributed by atoms with Gasteiger partial charge in [0.1, 0.15) is 0 Å². The maximum Gasteiger partial charge on any atom is 0.215 e. The number of rotatable bonds is 3. The first-order chi connectivity index (χ1) is 7.74. The van der Waals surface area contributed by atoms with Crippen LogP contribution in [-0.4, -0.2) is 17.6 Å². The maximum absolute atomic E-state index is 9.99. The summed E-state index contributed by atoms with van der Waals surface area (Å²) in [5.41, 5.74) is 0.742. The molecule has 2 aromatic rings. The van der Waals surface area contributed by atoms with Crippen LogP contribution in [0, 0.1) is 5.41 Å². The highest BCUT2D eigenvalue weighted by Crippen LogP contribution is 2.29. The van der Waals surface area contributed by atoms with Crippen LogP contribution in [-0.2, 0) is 4.74 Å². The molecule has 1 unspecified atom stereocenters. The van der Waals surface area contributed by atoms with E-state index in [4.69, 9.17) is 10.1 Å². The van der Waals surface area contributed by atoms with E-state index in [1.807, 2.05) is 29.6 Å². The molecule has 1 heterocycles. The van der Waals surface area contributed by atoms with Crippen molar-refractivity contribution in [2.24, 2.45) is 0 Å². The summed E-state index contributed by atoms with van der Waals surface area (Å²) in [5, 5.41) is 20.7. The Hall–Kier alpha value is -1.39. The lowest BCUT2D eigenvalue weighted by atomic mass is 10.1. The zero-order valence-electron chi connectivity index (χ0n) is 8.93. The Morgan fingerprint density at radius 2 is 2.31 bits per heavy atom. The number of hydrogen-bond acceptors (Lipinski definition) is 4. The topological polar surface area (TPSA) is 53.3 Å². The summed E-state index contributed by atoms with van der Waals surface area (Å²) in [4.78, 5) is 0. The van der Waals surface area contributed by atoms with E-state index in [0.717, 1.165) is 15.6 Å². The first kappa shape index (κ1) is 11.1. The Labute approximate surface area is 97.8 Å². The van der Waals surface area contributed by atoms with E-state index < -0.39 is 6.10 Å². The highest BCUT2D eigenvalue weighted by atomic mass is 32.1. The van der Waals surface area contributed by atoms with Crippen molar-refractivity contribution >= 4 is 27.3 Å². The molecular weight excluding hydrogens is 222 g/mol. The Bertz CT molecular complexity index is 506. The molecule has 3 nitrogen and oxygen atoms in total. The molecule has 0 amide bonds. The van der Waals surface area contributed by atoms with Gasteiger partial charge in [0.25, 0.3) is 0 Å². The molecule has 0 radical (unpaired) electrons. The van der Waals surface area contributed by atoms with Crippen LogP contribution in [0.25, 0.3) is 10.1 Å². The zero-order valence-corrected chi connectivity index (χ0v) is 9.75. The fraction of sp³-hybridized carbons (Fsp3) is 0.250. The van der Waals surface area contributed by atoms with Gasteiger partial charge in [-0.2, -0.15) is 0 Å². The van der Waals surface area contributed by atoms with Crippen molar-refractivity contribution in [3.63, 3.8) is 0 Å². The lowest BCUT2D eigenvalue weighted by Gasteiger charge is -2.13. The molecule has 0 aliphatic heterocycles. The third-order valence-electron chi connectivity index (χ3n) is 2.35. The number of ether oxygens (including phenoxy) is 1. The minimum atomic E-state index is -0.970. The molecule has 1 aromatic carbocycles. The molecule has 1 aromatic heterocycles. The number of hydrogen-bond donors (Lipinski definition) is 2. The van der Waals surface area contributed by atoms with Crippen LogP contribution in [0.4, 0.5) is 0 Å². The fourth-order valence-electron chi connectivity index (χ4n) is 1.61. The Balaban J connectivity index is 2.39. The average molecular weight is 235 g/mol. The molecule has 16 heavy (non-hydrogen) atoms. The summed E-state index contributed by atoms with van der Waals surface area (Å²) in [6.07, 6.45) is -0.970. The molecule has 4 heteroatoms. The molecule has 0 aliphatic rings. The van der Waals surface area contributed by atoms with E-state index in [9.17, 15) is 5.11 Å². The van der Waals surface area contributed by atoms with Crippen LogP contribution in [0.2, 0.25) is 0 Å². The summed E-state index contributed by atoms with van der Waals surface area (Å²) in [5.74, 6) is -0.0941. The van der Waals surface area contributed by atoms with Crippen molar-refractivity contribution in [3.8, 4) is 0 Å². The normalized spacial score (nSPS) is 12.6. The van der Waals surface area contributed by atoms with Gasteiger partial charge in [-0.05, 0) is 23.8 Å². The molecule has 0 saturated carbocycles. The monoisotopic (exact) mass is 235 g/mol.